The highest BCUT2D eigenvalue weighted by atomic mass is 19.4. The zero-order valence-electron chi connectivity index (χ0n) is 13.1. The highest BCUT2D eigenvalue weighted by Crippen LogP contribution is 2.58. The van der Waals surface area contributed by atoms with E-state index >= 15 is 0 Å². The van der Waals surface area contributed by atoms with Crippen LogP contribution >= 0.6 is 0 Å². The molecule has 0 saturated heterocycles. The molecule has 2 rings (SSSR count). The van der Waals surface area contributed by atoms with E-state index < -0.39 is 70.8 Å². The van der Waals surface area contributed by atoms with Gasteiger partial charge in [0.2, 0.25) is 23.3 Å². The van der Waals surface area contributed by atoms with E-state index in [1.807, 2.05) is 0 Å². The molecule has 166 valence electrons. The Morgan fingerprint density at radius 2 is 0.600 bits per heavy atom. The van der Waals surface area contributed by atoms with Crippen molar-refractivity contribution in [2.75, 3.05) is 0 Å². The van der Waals surface area contributed by atoms with Crippen molar-refractivity contribution in [1.29, 1.82) is 0 Å². The largest absolute Gasteiger partial charge is 0.386 e. The van der Waals surface area contributed by atoms with Gasteiger partial charge in [0.15, 0.2) is 0 Å². The smallest absolute Gasteiger partial charge is 0.197 e. The van der Waals surface area contributed by atoms with Crippen molar-refractivity contribution < 1.29 is 61.5 Å². The van der Waals surface area contributed by atoms with Crippen molar-refractivity contribution in [3.8, 4) is 0 Å². The van der Waals surface area contributed by atoms with Crippen LogP contribution in [0, 0.1) is 35.4 Å². The van der Waals surface area contributed by atoms with Gasteiger partial charge >= 0.3 is 23.7 Å². The Morgan fingerprint density at radius 3 is 0.800 bits per heavy atom. The molecule has 0 N–H and O–H groups in total. The van der Waals surface area contributed by atoms with Crippen LogP contribution in [0.3, 0.4) is 0 Å². The molecule has 18 heteroatoms. The third-order valence-corrected chi connectivity index (χ3v) is 3.29. The first-order valence-electron chi connectivity index (χ1n) is 6.68. The Balaban J connectivity index is 2.66. The lowest BCUT2D eigenvalue weighted by Crippen LogP contribution is -2.60. The minimum atomic E-state index is -7.37. The quantitative estimate of drug-likeness (QED) is 0.489. The van der Waals surface area contributed by atoms with Crippen molar-refractivity contribution in [1.82, 2.24) is 19.9 Å². The van der Waals surface area contributed by atoms with Gasteiger partial charge < -0.3 is 0 Å². The van der Waals surface area contributed by atoms with Crippen LogP contribution in [0.1, 0.15) is 11.6 Å². The Labute approximate surface area is 153 Å². The van der Waals surface area contributed by atoms with Crippen LogP contribution in [0.4, 0.5) is 61.5 Å². The number of hydrogen-bond donors (Lipinski definition) is 0. The van der Waals surface area contributed by atoms with Gasteiger partial charge in [0, 0.05) is 0 Å². The van der Waals surface area contributed by atoms with Crippen LogP contribution in [-0.4, -0.2) is 31.8 Å². The molecular formula is C12F14N4. The molecule has 2 heterocycles. The first-order chi connectivity index (χ1) is 13.4. The van der Waals surface area contributed by atoms with Crippen LogP contribution in [0.2, 0.25) is 0 Å². The fourth-order valence-corrected chi connectivity index (χ4v) is 1.74. The van der Waals surface area contributed by atoms with Gasteiger partial charge in [-0.1, -0.05) is 0 Å². The van der Waals surface area contributed by atoms with Gasteiger partial charge in [-0.2, -0.15) is 81.4 Å². The molecule has 0 aromatic carbocycles. The number of alkyl halides is 8. The number of hydrogen-bond acceptors (Lipinski definition) is 4. The molecule has 0 unspecified atom stereocenters. The molecule has 0 aliphatic carbocycles. The maximum atomic E-state index is 13.8. The summed E-state index contributed by atoms with van der Waals surface area (Å²) in [4.78, 5) is 6.71. The van der Waals surface area contributed by atoms with Gasteiger partial charge in [-0.05, 0) is 0 Å². The summed E-state index contributed by atoms with van der Waals surface area (Å²) in [5, 5.41) is 0. The highest BCUT2D eigenvalue weighted by molar-refractivity contribution is 5.16. The van der Waals surface area contributed by atoms with Gasteiger partial charge in [-0.25, -0.2) is 0 Å². The number of nitrogens with zero attached hydrogens (tertiary/aromatic N) is 4. The minimum Gasteiger partial charge on any atom is -0.197 e. The monoisotopic (exact) mass is 466 g/mol. The molecule has 4 nitrogen and oxygen atoms in total. The maximum absolute atomic E-state index is 13.8. The van der Waals surface area contributed by atoms with Crippen LogP contribution < -0.4 is 0 Å². The lowest BCUT2D eigenvalue weighted by atomic mass is 9.97. The summed E-state index contributed by atoms with van der Waals surface area (Å²) in [7, 11) is 0. The molecule has 0 spiro atoms. The molecule has 0 saturated carbocycles. The topological polar surface area (TPSA) is 51.6 Å². The van der Waals surface area contributed by atoms with Crippen LogP contribution in [0.5, 0.6) is 0 Å². The van der Waals surface area contributed by atoms with Crippen LogP contribution in [0.15, 0.2) is 0 Å². The molecule has 0 radical (unpaired) electrons. The first kappa shape index (κ1) is 23.5. The molecule has 0 aliphatic heterocycles. The predicted octanol–water partition coefficient (Wildman–Crippen LogP) is 4.26. The fraction of sp³-hybridized carbons (Fsp3) is 0.333. The summed E-state index contributed by atoms with van der Waals surface area (Å²) in [6.45, 7) is 0. The van der Waals surface area contributed by atoms with Crippen LogP contribution in [-0.2, 0) is 11.8 Å². The van der Waals surface area contributed by atoms with E-state index in [0.29, 0.717) is 0 Å². The second-order valence-corrected chi connectivity index (χ2v) is 5.18. The van der Waals surface area contributed by atoms with E-state index in [1.54, 1.807) is 19.9 Å². The number of aromatic nitrogens is 4. The minimum absolute atomic E-state index is 1.68. The normalized spacial score (nSPS) is 13.7. The average molecular weight is 466 g/mol. The SMILES string of the molecule is Fc1nc(C(F)(F)C(F)(F)C(F)(F)C(F)(F)c2nc(F)c(F)c(F)n2)nc(F)c1F. The Bertz CT molecular complexity index is 865. The molecule has 0 bridgehead atoms. The van der Waals surface area contributed by atoms with E-state index in [9.17, 15) is 61.5 Å². The summed E-state index contributed by atoms with van der Waals surface area (Å²) in [5.74, 6) is -51.4. The van der Waals surface area contributed by atoms with E-state index in [4.69, 9.17) is 0 Å². The van der Waals surface area contributed by atoms with Gasteiger partial charge in [0.05, 0.1) is 0 Å². The third-order valence-electron chi connectivity index (χ3n) is 3.29. The maximum Gasteiger partial charge on any atom is 0.386 e. The van der Waals surface area contributed by atoms with E-state index in [1.165, 1.54) is 0 Å². The summed E-state index contributed by atoms with van der Waals surface area (Å²) in [6.07, 6.45) is 0. The van der Waals surface area contributed by atoms with Crippen molar-refractivity contribution >= 4 is 0 Å². The molecule has 2 aromatic heterocycles. The summed E-state index contributed by atoms with van der Waals surface area (Å²) >= 11 is 0. The first-order valence-corrected chi connectivity index (χ1v) is 6.68. The predicted molar refractivity (Wildman–Crippen MR) is 61.5 cm³/mol. The molecule has 0 fully saturated rings. The van der Waals surface area contributed by atoms with Gasteiger partial charge in [0.25, 0.3) is 23.8 Å². The number of rotatable bonds is 5. The second kappa shape index (κ2) is 6.86. The zero-order chi connectivity index (χ0) is 23.4. The van der Waals surface area contributed by atoms with Crippen LogP contribution in [0.25, 0.3) is 0 Å². The zero-order valence-corrected chi connectivity index (χ0v) is 13.1. The molecule has 30 heavy (non-hydrogen) atoms. The molecule has 0 amide bonds. The van der Waals surface area contributed by atoms with E-state index in [-0.39, 0.29) is 0 Å². The molecule has 0 aliphatic rings. The van der Waals surface area contributed by atoms with Gasteiger partial charge in [-0.15, -0.1) is 0 Å². The second-order valence-electron chi connectivity index (χ2n) is 5.18. The summed E-state index contributed by atoms with van der Waals surface area (Å²) < 4.78 is 187. The Hall–Kier alpha value is -2.82. The lowest BCUT2D eigenvalue weighted by Gasteiger charge is -2.35. The standard InChI is InChI=1S/C12F14N4/c13-1-3(15)27-7(28-4(1)16)9(19,20)11(23,24)12(25,26)10(21,22)8-29-5(17)2(14)6(18)30-8. The van der Waals surface area contributed by atoms with Crippen molar-refractivity contribution in [2.24, 2.45) is 0 Å². The summed E-state index contributed by atoms with van der Waals surface area (Å²) in [5.41, 5.74) is 0. The van der Waals surface area contributed by atoms with Crippen molar-refractivity contribution in [3.63, 3.8) is 0 Å². The molecular weight excluding hydrogens is 466 g/mol. The van der Waals surface area contributed by atoms with E-state index in [0.717, 1.165) is 0 Å². The summed E-state index contributed by atoms with van der Waals surface area (Å²) in [6, 6.07) is 0. The third kappa shape index (κ3) is 3.17. The van der Waals surface area contributed by atoms with Crippen molar-refractivity contribution in [3.05, 3.63) is 47.1 Å². The molecule has 0 atom stereocenters. The van der Waals surface area contributed by atoms with E-state index in [2.05, 4.69) is 0 Å². The van der Waals surface area contributed by atoms with Gasteiger partial charge in [-0.3, -0.25) is 0 Å². The highest BCUT2D eigenvalue weighted by Gasteiger charge is 2.83. The Kier molecular flexibility index (Phi) is 5.37. The lowest BCUT2D eigenvalue weighted by molar-refractivity contribution is -0.377. The average Bonchev–Trinajstić information content (AvgIpc) is 2.62. The Morgan fingerprint density at radius 1 is 0.400 bits per heavy atom. The number of halogens is 14. The van der Waals surface area contributed by atoms with Gasteiger partial charge in [0.1, 0.15) is 0 Å². The fourth-order valence-electron chi connectivity index (χ4n) is 1.74. The van der Waals surface area contributed by atoms with Crippen molar-refractivity contribution in [2.45, 2.75) is 23.7 Å². The molecule has 2 aromatic rings.